The first kappa shape index (κ1) is 21.1. The molecule has 8 heteroatoms. The quantitative estimate of drug-likeness (QED) is 0.342. The van der Waals surface area contributed by atoms with Crippen LogP contribution in [-0.4, -0.2) is 28.8 Å². The topological polar surface area (TPSA) is 93.1 Å². The number of hydrogen-bond acceptors (Lipinski definition) is 6. The largest absolute Gasteiger partial charge is 0.503 e. The fourth-order valence-electron chi connectivity index (χ4n) is 4.07. The number of ketones is 1. The summed E-state index contributed by atoms with van der Waals surface area (Å²) in [6.07, 6.45) is 1.46. The van der Waals surface area contributed by atoms with E-state index in [2.05, 4.69) is 15.9 Å². The molecule has 0 spiro atoms. The minimum Gasteiger partial charge on any atom is -0.503 e. The first-order valence-corrected chi connectivity index (χ1v) is 10.9. The third-order valence-corrected chi connectivity index (χ3v) is 6.09. The van der Waals surface area contributed by atoms with Crippen LogP contribution in [0.15, 0.2) is 91.6 Å². The lowest BCUT2D eigenvalue weighted by Gasteiger charge is -2.25. The average Bonchev–Trinajstić information content (AvgIpc) is 3.54. The van der Waals surface area contributed by atoms with Crippen LogP contribution in [0.4, 0.5) is 0 Å². The van der Waals surface area contributed by atoms with E-state index in [1.54, 1.807) is 43.5 Å². The zero-order chi connectivity index (χ0) is 23.1. The Bertz CT molecular complexity index is 1400. The second-order valence-corrected chi connectivity index (χ2v) is 8.46. The van der Waals surface area contributed by atoms with E-state index in [-0.39, 0.29) is 17.9 Å². The van der Waals surface area contributed by atoms with E-state index in [1.807, 2.05) is 24.3 Å². The number of carbonyl (C=O) groups is 2. The van der Waals surface area contributed by atoms with Crippen molar-refractivity contribution in [3.05, 3.63) is 99.8 Å². The number of aliphatic hydroxyl groups is 1. The number of fused-ring (bicyclic) bond motifs is 1. The molecule has 4 aromatic rings. The highest BCUT2D eigenvalue weighted by atomic mass is 79.9. The molecule has 7 nitrogen and oxygen atoms in total. The van der Waals surface area contributed by atoms with Crippen LogP contribution in [0.3, 0.4) is 0 Å². The lowest BCUT2D eigenvalue weighted by molar-refractivity contribution is -0.130. The standard InChI is InChI=1S/C25H18BrNO6/c1-31-17-6-3-2-5-14(17)13-27-22(19-7-4-10-32-19)21(24(29)25(27)30)23(28)20-12-15-11-16(26)8-9-18(15)33-20/h2-12,22,29H,13H2,1H3. The van der Waals surface area contributed by atoms with Gasteiger partial charge in [0.15, 0.2) is 11.5 Å². The van der Waals surface area contributed by atoms with Gasteiger partial charge in [-0.25, -0.2) is 0 Å². The molecule has 1 amide bonds. The molecule has 0 saturated carbocycles. The number of hydrogen-bond donors (Lipinski definition) is 1. The van der Waals surface area contributed by atoms with Crippen molar-refractivity contribution in [3.63, 3.8) is 0 Å². The molecule has 1 atom stereocenters. The van der Waals surface area contributed by atoms with Gasteiger partial charge in [-0.15, -0.1) is 0 Å². The molecular formula is C25H18BrNO6. The number of Topliss-reactive ketones (excluding diaryl/α,β-unsaturated/α-hetero) is 1. The number of amides is 1. The molecule has 5 rings (SSSR count). The Morgan fingerprint density at radius 1 is 1.15 bits per heavy atom. The first-order valence-electron chi connectivity index (χ1n) is 10.1. The van der Waals surface area contributed by atoms with Gasteiger partial charge in [0.1, 0.15) is 23.1 Å². The van der Waals surface area contributed by atoms with Crippen LogP contribution < -0.4 is 4.74 Å². The van der Waals surface area contributed by atoms with Crippen molar-refractivity contribution < 1.29 is 28.3 Å². The molecule has 1 N–H and O–H groups in total. The fraction of sp³-hybridized carbons (Fsp3) is 0.120. The fourth-order valence-corrected chi connectivity index (χ4v) is 4.45. The Morgan fingerprint density at radius 2 is 1.97 bits per heavy atom. The molecule has 33 heavy (non-hydrogen) atoms. The van der Waals surface area contributed by atoms with E-state index in [0.717, 1.165) is 15.4 Å². The van der Waals surface area contributed by atoms with Crippen LogP contribution in [0.2, 0.25) is 0 Å². The van der Waals surface area contributed by atoms with Crippen molar-refractivity contribution in [1.82, 2.24) is 4.90 Å². The normalized spacial score (nSPS) is 16.1. The van der Waals surface area contributed by atoms with E-state index in [0.29, 0.717) is 17.1 Å². The van der Waals surface area contributed by atoms with Gasteiger partial charge in [-0.05, 0) is 42.5 Å². The van der Waals surface area contributed by atoms with Crippen LogP contribution in [0, 0.1) is 0 Å². The van der Waals surface area contributed by atoms with Gasteiger partial charge in [0, 0.05) is 15.4 Å². The first-order chi connectivity index (χ1) is 16.0. The van der Waals surface area contributed by atoms with Crippen LogP contribution in [-0.2, 0) is 11.3 Å². The predicted octanol–water partition coefficient (Wildman–Crippen LogP) is 5.58. The number of methoxy groups -OCH3 is 1. The highest BCUT2D eigenvalue weighted by molar-refractivity contribution is 9.10. The zero-order valence-corrected chi connectivity index (χ0v) is 19.0. The van der Waals surface area contributed by atoms with Crippen LogP contribution in [0.25, 0.3) is 11.0 Å². The molecule has 0 fully saturated rings. The number of carbonyl (C=O) groups excluding carboxylic acids is 2. The van der Waals surface area contributed by atoms with Crippen LogP contribution in [0.1, 0.15) is 27.9 Å². The van der Waals surface area contributed by atoms with Gasteiger partial charge in [-0.2, -0.15) is 0 Å². The summed E-state index contributed by atoms with van der Waals surface area (Å²) < 4.78 is 17.6. The lowest BCUT2D eigenvalue weighted by atomic mass is 9.99. The van der Waals surface area contributed by atoms with Crippen molar-refractivity contribution >= 4 is 38.6 Å². The number of ether oxygens (including phenoxy) is 1. The summed E-state index contributed by atoms with van der Waals surface area (Å²) in [6.45, 7) is 0.0993. The molecule has 0 aliphatic carbocycles. The second kappa shape index (κ2) is 8.29. The summed E-state index contributed by atoms with van der Waals surface area (Å²) in [5, 5.41) is 11.5. The summed E-state index contributed by atoms with van der Waals surface area (Å²) in [4.78, 5) is 28.0. The lowest BCUT2D eigenvalue weighted by Crippen LogP contribution is -2.30. The molecule has 3 heterocycles. The highest BCUT2D eigenvalue weighted by Gasteiger charge is 2.46. The Morgan fingerprint density at radius 3 is 2.73 bits per heavy atom. The van der Waals surface area contributed by atoms with Crippen LogP contribution >= 0.6 is 15.9 Å². The molecule has 0 bridgehead atoms. The van der Waals surface area contributed by atoms with Crippen molar-refractivity contribution in [2.75, 3.05) is 7.11 Å². The number of para-hydroxylation sites is 1. The minimum absolute atomic E-state index is 0.0214. The van der Waals surface area contributed by atoms with Crippen LogP contribution in [0.5, 0.6) is 5.75 Å². The number of benzene rings is 2. The third-order valence-electron chi connectivity index (χ3n) is 5.60. The molecule has 2 aromatic heterocycles. The molecule has 2 aromatic carbocycles. The highest BCUT2D eigenvalue weighted by Crippen LogP contribution is 2.41. The third kappa shape index (κ3) is 3.62. The minimum atomic E-state index is -0.926. The van der Waals surface area contributed by atoms with Gasteiger partial charge < -0.3 is 23.6 Å². The number of rotatable bonds is 6. The molecule has 166 valence electrons. The maximum absolute atomic E-state index is 13.5. The number of furan rings is 2. The number of nitrogens with zero attached hydrogens (tertiary/aromatic N) is 1. The van der Waals surface area contributed by atoms with Gasteiger partial charge in [0.2, 0.25) is 5.78 Å². The molecule has 0 saturated heterocycles. The van der Waals surface area contributed by atoms with E-state index in [1.165, 1.54) is 11.2 Å². The summed E-state index contributed by atoms with van der Waals surface area (Å²) in [5.41, 5.74) is 1.15. The van der Waals surface area contributed by atoms with E-state index in [9.17, 15) is 14.7 Å². The van der Waals surface area contributed by atoms with E-state index >= 15 is 0 Å². The smallest absolute Gasteiger partial charge is 0.290 e. The van der Waals surface area contributed by atoms with Gasteiger partial charge in [0.25, 0.3) is 5.91 Å². The number of aliphatic hydroxyl groups excluding tert-OH is 1. The molecule has 0 radical (unpaired) electrons. The van der Waals surface area contributed by atoms with Crippen molar-refractivity contribution in [2.24, 2.45) is 0 Å². The summed E-state index contributed by atoms with van der Waals surface area (Å²) >= 11 is 3.40. The van der Waals surface area contributed by atoms with Gasteiger partial charge in [-0.1, -0.05) is 34.1 Å². The Labute approximate surface area is 197 Å². The molecule has 1 unspecified atom stereocenters. The number of halogens is 1. The maximum Gasteiger partial charge on any atom is 0.290 e. The Balaban J connectivity index is 1.58. The average molecular weight is 508 g/mol. The molecule has 1 aliphatic rings. The van der Waals surface area contributed by atoms with Gasteiger partial charge in [0.05, 0.1) is 25.5 Å². The predicted molar refractivity (Wildman–Crippen MR) is 123 cm³/mol. The summed E-state index contributed by atoms with van der Waals surface area (Å²) in [7, 11) is 1.54. The summed E-state index contributed by atoms with van der Waals surface area (Å²) in [6, 6.07) is 16.6. The molecule has 1 aliphatic heterocycles. The maximum atomic E-state index is 13.5. The Hall–Kier alpha value is -3.78. The Kier molecular flexibility index (Phi) is 5.30. The monoisotopic (exact) mass is 507 g/mol. The van der Waals surface area contributed by atoms with Gasteiger partial charge >= 0.3 is 0 Å². The molecular weight excluding hydrogens is 490 g/mol. The van der Waals surface area contributed by atoms with Crippen molar-refractivity contribution in [2.45, 2.75) is 12.6 Å². The van der Waals surface area contributed by atoms with Crippen molar-refractivity contribution in [3.8, 4) is 5.75 Å². The van der Waals surface area contributed by atoms with Gasteiger partial charge in [-0.3, -0.25) is 9.59 Å². The second-order valence-electron chi connectivity index (χ2n) is 7.55. The summed E-state index contributed by atoms with van der Waals surface area (Å²) in [5.74, 6) is -0.928. The van der Waals surface area contributed by atoms with E-state index in [4.69, 9.17) is 13.6 Å². The van der Waals surface area contributed by atoms with E-state index < -0.39 is 23.5 Å². The zero-order valence-electron chi connectivity index (χ0n) is 17.4. The van der Waals surface area contributed by atoms with Crippen molar-refractivity contribution in [1.29, 1.82) is 0 Å². The SMILES string of the molecule is COc1ccccc1CN1C(=O)C(O)=C(C(=O)c2cc3cc(Br)ccc3o2)C1c1ccco1.